The molecule has 0 aliphatic rings. The molecule has 0 N–H and O–H groups in total. The maximum Gasteiger partial charge on any atom is 0.311 e. The highest BCUT2D eigenvalue weighted by molar-refractivity contribution is 5.75. The molecule has 0 aromatic carbocycles. The van der Waals surface area contributed by atoms with Crippen LogP contribution in [0.1, 0.15) is 102 Å². The van der Waals surface area contributed by atoms with E-state index in [1.165, 1.54) is 0 Å². The van der Waals surface area contributed by atoms with Crippen molar-refractivity contribution in [2.75, 3.05) is 39.6 Å². The third-order valence-corrected chi connectivity index (χ3v) is 5.22. The summed E-state index contributed by atoms with van der Waals surface area (Å²) in [6.45, 7) is 26.8. The molecule has 0 aromatic rings. The van der Waals surface area contributed by atoms with Crippen molar-refractivity contribution in [3.63, 3.8) is 0 Å². The minimum Gasteiger partial charge on any atom is -0.465 e. The summed E-state index contributed by atoms with van der Waals surface area (Å²) in [4.78, 5) is 24.9. The molecule has 0 radical (unpaired) electrons. The van der Waals surface area contributed by atoms with Crippen LogP contribution < -0.4 is 0 Å². The largest absolute Gasteiger partial charge is 0.465 e. The van der Waals surface area contributed by atoms with Gasteiger partial charge in [0.1, 0.15) is 0 Å². The van der Waals surface area contributed by atoms with E-state index in [0.717, 1.165) is 0 Å². The van der Waals surface area contributed by atoms with Crippen LogP contribution >= 0.6 is 0 Å². The first-order chi connectivity index (χ1) is 15.2. The fraction of sp³-hybridized carbons (Fsp3) is 0.929. The Hall–Kier alpha value is -1.14. The molecule has 0 aliphatic carbocycles. The summed E-state index contributed by atoms with van der Waals surface area (Å²) < 4.78 is 23.4. The summed E-state index contributed by atoms with van der Waals surface area (Å²) in [7, 11) is 0. The molecule has 0 saturated carbocycles. The highest BCUT2D eigenvalue weighted by atomic mass is 16.5. The van der Waals surface area contributed by atoms with Crippen molar-refractivity contribution in [3.8, 4) is 0 Å². The van der Waals surface area contributed by atoms with Crippen LogP contribution in [0.3, 0.4) is 0 Å². The smallest absolute Gasteiger partial charge is 0.311 e. The second-order valence-corrected chi connectivity index (χ2v) is 14.2. The van der Waals surface area contributed by atoms with Crippen LogP contribution in [0.5, 0.6) is 0 Å². The molecule has 0 atom stereocenters. The zero-order valence-electron chi connectivity index (χ0n) is 24.3. The van der Waals surface area contributed by atoms with Gasteiger partial charge in [-0.25, -0.2) is 0 Å². The van der Waals surface area contributed by atoms with Gasteiger partial charge >= 0.3 is 11.9 Å². The molecule has 0 heterocycles. The molecule has 202 valence electrons. The zero-order valence-corrected chi connectivity index (χ0v) is 24.3. The average Bonchev–Trinajstić information content (AvgIpc) is 2.63. The van der Waals surface area contributed by atoms with Gasteiger partial charge in [0, 0.05) is 18.6 Å². The van der Waals surface area contributed by atoms with Crippen molar-refractivity contribution in [1.82, 2.24) is 0 Å². The van der Waals surface area contributed by atoms with E-state index in [1.807, 2.05) is 41.5 Å². The first-order valence-electron chi connectivity index (χ1n) is 12.7. The van der Waals surface area contributed by atoms with Gasteiger partial charge in [-0.05, 0) is 71.6 Å². The maximum absolute atomic E-state index is 12.6. The Morgan fingerprint density at radius 3 is 1.21 bits per heavy atom. The molecule has 0 fully saturated rings. The van der Waals surface area contributed by atoms with Gasteiger partial charge in [0.05, 0.1) is 37.3 Å². The van der Waals surface area contributed by atoms with Gasteiger partial charge in [-0.15, -0.1) is 0 Å². The molecule has 0 amide bonds. The van der Waals surface area contributed by atoms with Crippen molar-refractivity contribution < 1.29 is 28.5 Å². The Morgan fingerprint density at radius 1 is 0.500 bits per heavy atom. The van der Waals surface area contributed by atoms with Gasteiger partial charge in [0.15, 0.2) is 0 Å². The Bertz CT molecular complexity index is 589. The lowest BCUT2D eigenvalue weighted by Crippen LogP contribution is -2.36. The van der Waals surface area contributed by atoms with E-state index in [0.29, 0.717) is 45.7 Å². The Kier molecular flexibility index (Phi) is 12.8. The van der Waals surface area contributed by atoms with E-state index in [1.54, 1.807) is 0 Å². The Morgan fingerprint density at radius 2 is 0.853 bits per heavy atom. The maximum atomic E-state index is 12.6. The number of ether oxygens (including phenoxy) is 4. The average molecular weight is 487 g/mol. The molecule has 6 nitrogen and oxygen atoms in total. The molecule has 0 spiro atoms. The van der Waals surface area contributed by atoms with Crippen LogP contribution in [-0.2, 0) is 28.5 Å². The van der Waals surface area contributed by atoms with Crippen LogP contribution in [0.15, 0.2) is 0 Å². The van der Waals surface area contributed by atoms with Gasteiger partial charge in [0.25, 0.3) is 0 Å². The van der Waals surface area contributed by atoms with Crippen molar-refractivity contribution in [2.24, 2.45) is 27.1 Å². The monoisotopic (exact) mass is 486 g/mol. The van der Waals surface area contributed by atoms with Crippen molar-refractivity contribution in [1.29, 1.82) is 0 Å². The fourth-order valence-corrected chi connectivity index (χ4v) is 2.94. The van der Waals surface area contributed by atoms with Gasteiger partial charge in [-0.2, -0.15) is 0 Å². The lowest BCUT2D eigenvalue weighted by Gasteiger charge is -2.35. The molecule has 6 heteroatoms. The molecule has 0 saturated heterocycles. The van der Waals surface area contributed by atoms with Gasteiger partial charge in [0.2, 0.25) is 0 Å². The molecule has 0 rings (SSSR count). The molecule has 0 bridgehead atoms. The molecular weight excluding hydrogens is 432 g/mol. The van der Waals surface area contributed by atoms with Crippen molar-refractivity contribution in [2.45, 2.75) is 102 Å². The third kappa shape index (κ3) is 15.7. The van der Waals surface area contributed by atoms with Gasteiger partial charge < -0.3 is 18.9 Å². The number of hydrogen-bond acceptors (Lipinski definition) is 6. The molecule has 0 aromatic heterocycles. The van der Waals surface area contributed by atoms with E-state index in [2.05, 4.69) is 41.5 Å². The summed E-state index contributed by atoms with van der Waals surface area (Å²) in [5.41, 5.74) is -1.42. The third-order valence-electron chi connectivity index (χ3n) is 5.22. The normalized spacial score (nSPS) is 13.6. The highest BCUT2D eigenvalue weighted by Crippen LogP contribution is 2.34. The number of carbonyl (C=O) groups is 2. The van der Waals surface area contributed by atoms with Crippen molar-refractivity contribution >= 4 is 11.9 Å². The number of esters is 2. The summed E-state index contributed by atoms with van der Waals surface area (Å²) >= 11 is 0. The number of hydrogen-bond donors (Lipinski definition) is 0. The predicted octanol–water partition coefficient (Wildman–Crippen LogP) is 6.45. The first kappa shape index (κ1) is 32.9. The van der Waals surface area contributed by atoms with Crippen LogP contribution in [0.2, 0.25) is 0 Å². The summed E-state index contributed by atoms with van der Waals surface area (Å²) in [5.74, 6) is -0.476. The standard InChI is InChI=1S/C28H54O6/c1-24(2,3)19-31-16-13-28(14-17-32-20-25(4,5)6,21-34-23(30)27(10,11)12)15-18-33-22(29)26(7,8)9/h13-21H2,1-12H3. The molecule has 0 aliphatic heterocycles. The minimum absolute atomic E-state index is 0.0689. The predicted molar refractivity (Wildman–Crippen MR) is 138 cm³/mol. The van der Waals surface area contributed by atoms with Gasteiger partial charge in [-0.3, -0.25) is 9.59 Å². The van der Waals surface area contributed by atoms with Crippen LogP contribution in [0.4, 0.5) is 0 Å². The zero-order chi connectivity index (χ0) is 26.8. The van der Waals surface area contributed by atoms with Gasteiger partial charge in [-0.1, -0.05) is 41.5 Å². The lowest BCUT2D eigenvalue weighted by molar-refractivity contribution is -0.161. The van der Waals surface area contributed by atoms with E-state index in [-0.39, 0.29) is 36.0 Å². The summed E-state index contributed by atoms with van der Waals surface area (Å²) in [6, 6.07) is 0. The lowest BCUT2D eigenvalue weighted by atomic mass is 9.79. The highest BCUT2D eigenvalue weighted by Gasteiger charge is 2.35. The fourth-order valence-electron chi connectivity index (χ4n) is 2.94. The molecule has 0 unspecified atom stereocenters. The SMILES string of the molecule is CC(C)(C)COCCC(CCOCC(C)(C)C)(CCOC(=O)C(C)(C)C)COC(=O)C(C)(C)C. The van der Waals surface area contributed by atoms with E-state index >= 15 is 0 Å². The van der Waals surface area contributed by atoms with E-state index < -0.39 is 16.2 Å². The molecular formula is C28H54O6. The topological polar surface area (TPSA) is 71.1 Å². The molecule has 34 heavy (non-hydrogen) atoms. The Balaban J connectivity index is 5.51. The number of rotatable bonds is 13. The first-order valence-corrected chi connectivity index (χ1v) is 12.7. The van der Waals surface area contributed by atoms with Crippen molar-refractivity contribution in [3.05, 3.63) is 0 Å². The van der Waals surface area contributed by atoms with E-state index in [9.17, 15) is 9.59 Å². The quantitative estimate of drug-likeness (QED) is 0.220. The second kappa shape index (κ2) is 13.2. The van der Waals surface area contributed by atoms with Crippen LogP contribution in [-0.4, -0.2) is 51.6 Å². The second-order valence-electron chi connectivity index (χ2n) is 14.2. The van der Waals surface area contributed by atoms with Crippen LogP contribution in [0.25, 0.3) is 0 Å². The minimum atomic E-state index is -0.587. The van der Waals surface area contributed by atoms with Crippen LogP contribution in [0, 0.1) is 27.1 Å². The summed E-state index contributed by atoms with van der Waals surface area (Å²) in [6.07, 6.45) is 1.95. The van der Waals surface area contributed by atoms with E-state index in [4.69, 9.17) is 18.9 Å². The number of carbonyl (C=O) groups excluding carboxylic acids is 2. The Labute approximate surface area is 209 Å². The summed E-state index contributed by atoms with van der Waals surface area (Å²) in [5, 5.41) is 0.